The monoisotopic (exact) mass is 394 g/mol. The van der Waals surface area contributed by atoms with Crippen LogP contribution in [0.25, 0.3) is 11.3 Å². The lowest BCUT2D eigenvalue weighted by Gasteiger charge is -2.38. The standard InChI is InChI=1S/C22H20F2N4O/c1-3-16-21(17-9-6-14(23)10-18(17)24)12(2)27-28-20(29)11-19(26-22(16)28)13-4-7-15(25)8-5-13/h4-11,26-27H,3,25H2,1-2H3. The molecule has 0 unspecified atom stereocenters. The van der Waals surface area contributed by atoms with Crippen molar-refractivity contribution in [2.45, 2.75) is 20.3 Å². The molecule has 148 valence electrons. The van der Waals surface area contributed by atoms with Crippen molar-refractivity contribution in [3.8, 4) is 0 Å². The molecule has 0 fully saturated rings. The molecule has 0 saturated carbocycles. The average Bonchev–Trinajstić information content (AvgIpc) is 2.69. The molecule has 0 atom stereocenters. The van der Waals surface area contributed by atoms with Gasteiger partial charge in [-0.05, 0) is 43.2 Å². The van der Waals surface area contributed by atoms with E-state index >= 15 is 0 Å². The quantitative estimate of drug-likeness (QED) is 0.691. The summed E-state index contributed by atoms with van der Waals surface area (Å²) in [6.45, 7) is 3.69. The van der Waals surface area contributed by atoms with Crippen LogP contribution in [0.1, 0.15) is 31.4 Å². The summed E-state index contributed by atoms with van der Waals surface area (Å²) < 4.78 is 28.0. The van der Waals surface area contributed by atoms with Crippen molar-refractivity contribution in [1.82, 2.24) is 15.8 Å². The summed E-state index contributed by atoms with van der Waals surface area (Å²) in [6.07, 6.45) is 2.03. The number of allylic oxidation sites excluding steroid dienone is 3. The number of hydrogen-bond acceptors (Lipinski definition) is 4. The van der Waals surface area contributed by atoms with Crippen LogP contribution in [-0.2, 0) is 4.79 Å². The fraction of sp³-hybridized carbons (Fsp3) is 0.136. The van der Waals surface area contributed by atoms with E-state index in [9.17, 15) is 13.6 Å². The number of anilines is 1. The van der Waals surface area contributed by atoms with E-state index in [1.165, 1.54) is 23.2 Å². The normalized spacial score (nSPS) is 16.3. The topological polar surface area (TPSA) is 70.4 Å². The van der Waals surface area contributed by atoms with Gasteiger partial charge in [0.25, 0.3) is 5.91 Å². The molecule has 5 nitrogen and oxygen atoms in total. The first-order valence-electron chi connectivity index (χ1n) is 9.24. The van der Waals surface area contributed by atoms with Gasteiger partial charge >= 0.3 is 0 Å². The second kappa shape index (κ2) is 7.09. The fourth-order valence-corrected chi connectivity index (χ4v) is 3.63. The summed E-state index contributed by atoms with van der Waals surface area (Å²) >= 11 is 0. The summed E-state index contributed by atoms with van der Waals surface area (Å²) in [7, 11) is 0. The minimum Gasteiger partial charge on any atom is -0.399 e. The highest BCUT2D eigenvalue weighted by Crippen LogP contribution is 2.37. The van der Waals surface area contributed by atoms with Crippen LogP contribution in [-0.4, -0.2) is 10.9 Å². The molecule has 0 aromatic heterocycles. The molecule has 0 aliphatic carbocycles. The van der Waals surface area contributed by atoms with Gasteiger partial charge in [-0.15, -0.1) is 0 Å². The van der Waals surface area contributed by atoms with E-state index in [1.807, 2.05) is 19.1 Å². The molecule has 2 aliphatic rings. The van der Waals surface area contributed by atoms with E-state index in [1.54, 1.807) is 19.1 Å². The smallest absolute Gasteiger partial charge is 0.273 e. The largest absolute Gasteiger partial charge is 0.399 e. The second-order valence-corrected chi connectivity index (χ2v) is 6.90. The molecule has 0 radical (unpaired) electrons. The number of nitrogens with two attached hydrogens (primary N) is 1. The van der Waals surface area contributed by atoms with Gasteiger partial charge in [-0.3, -0.25) is 10.2 Å². The average molecular weight is 394 g/mol. The Labute approximate surface area is 167 Å². The van der Waals surface area contributed by atoms with E-state index in [0.717, 1.165) is 17.2 Å². The number of benzene rings is 2. The number of hydrogen-bond donors (Lipinski definition) is 3. The molecule has 0 spiro atoms. The first kappa shape index (κ1) is 18.7. The Morgan fingerprint density at radius 1 is 1.10 bits per heavy atom. The Kier molecular flexibility index (Phi) is 4.58. The molecule has 1 amide bonds. The number of nitrogens with one attached hydrogen (secondary N) is 2. The molecule has 2 aliphatic heterocycles. The minimum atomic E-state index is -0.655. The molecule has 2 heterocycles. The third-order valence-electron chi connectivity index (χ3n) is 4.98. The van der Waals surface area contributed by atoms with Gasteiger partial charge in [-0.1, -0.05) is 19.1 Å². The molecule has 4 N–H and O–H groups in total. The van der Waals surface area contributed by atoms with Gasteiger partial charge in [0.15, 0.2) is 0 Å². The van der Waals surface area contributed by atoms with Gasteiger partial charge in [0.05, 0.1) is 5.70 Å². The number of rotatable bonds is 3. The predicted octanol–water partition coefficient (Wildman–Crippen LogP) is 3.89. The number of halogens is 2. The van der Waals surface area contributed by atoms with Crippen LogP contribution in [0, 0.1) is 11.6 Å². The van der Waals surface area contributed by atoms with Gasteiger partial charge in [0, 0.05) is 40.2 Å². The summed E-state index contributed by atoms with van der Waals surface area (Å²) in [4.78, 5) is 12.8. The Bertz CT molecular complexity index is 1100. The van der Waals surface area contributed by atoms with Gasteiger partial charge < -0.3 is 11.1 Å². The van der Waals surface area contributed by atoms with Crippen LogP contribution in [0.15, 0.2) is 65.6 Å². The van der Waals surface area contributed by atoms with Crippen molar-refractivity contribution in [1.29, 1.82) is 0 Å². The molecule has 2 aromatic carbocycles. The highest BCUT2D eigenvalue weighted by Gasteiger charge is 2.33. The number of hydrazine groups is 1. The van der Waals surface area contributed by atoms with E-state index < -0.39 is 11.6 Å². The summed E-state index contributed by atoms with van der Waals surface area (Å²) in [5, 5.41) is 4.69. The van der Waals surface area contributed by atoms with Crippen molar-refractivity contribution >= 4 is 22.9 Å². The zero-order valence-electron chi connectivity index (χ0n) is 16.0. The van der Waals surface area contributed by atoms with Gasteiger partial charge in [0.1, 0.15) is 17.5 Å². The number of fused-ring (bicyclic) bond motifs is 1. The van der Waals surface area contributed by atoms with Crippen molar-refractivity contribution in [2.75, 3.05) is 5.73 Å². The lowest BCUT2D eigenvalue weighted by Crippen LogP contribution is -2.50. The maximum atomic E-state index is 14.5. The predicted molar refractivity (Wildman–Crippen MR) is 108 cm³/mol. The molecular weight excluding hydrogens is 374 g/mol. The van der Waals surface area contributed by atoms with E-state index in [4.69, 9.17) is 5.73 Å². The van der Waals surface area contributed by atoms with Crippen LogP contribution < -0.4 is 16.5 Å². The zero-order chi connectivity index (χ0) is 20.7. The van der Waals surface area contributed by atoms with Crippen LogP contribution >= 0.6 is 0 Å². The summed E-state index contributed by atoms with van der Waals surface area (Å²) in [5.41, 5.74) is 13.1. The Hall–Kier alpha value is -3.61. The number of nitrogen functional groups attached to an aromatic ring is 1. The zero-order valence-corrected chi connectivity index (χ0v) is 16.0. The van der Waals surface area contributed by atoms with E-state index in [-0.39, 0.29) is 11.5 Å². The van der Waals surface area contributed by atoms with Crippen molar-refractivity contribution < 1.29 is 13.6 Å². The third kappa shape index (κ3) is 3.24. The highest BCUT2D eigenvalue weighted by atomic mass is 19.1. The van der Waals surface area contributed by atoms with E-state index in [0.29, 0.717) is 34.9 Å². The fourth-order valence-electron chi connectivity index (χ4n) is 3.63. The van der Waals surface area contributed by atoms with Gasteiger partial charge in [0.2, 0.25) is 0 Å². The van der Waals surface area contributed by atoms with E-state index in [2.05, 4.69) is 10.7 Å². The maximum absolute atomic E-state index is 14.5. The summed E-state index contributed by atoms with van der Waals surface area (Å²) in [5.74, 6) is -1.02. The van der Waals surface area contributed by atoms with Crippen molar-refractivity contribution in [2.24, 2.45) is 0 Å². The number of amides is 1. The molecule has 2 aromatic rings. The van der Waals surface area contributed by atoms with Crippen LogP contribution in [0.2, 0.25) is 0 Å². The lowest BCUT2D eigenvalue weighted by molar-refractivity contribution is -0.127. The Morgan fingerprint density at radius 3 is 2.48 bits per heavy atom. The van der Waals surface area contributed by atoms with Crippen LogP contribution in [0.5, 0.6) is 0 Å². The molecule has 29 heavy (non-hydrogen) atoms. The summed E-state index contributed by atoms with van der Waals surface area (Å²) in [6, 6.07) is 10.7. The number of carbonyl (C=O) groups excluding carboxylic acids is 1. The van der Waals surface area contributed by atoms with Crippen LogP contribution in [0.3, 0.4) is 0 Å². The van der Waals surface area contributed by atoms with Crippen molar-refractivity contribution in [3.63, 3.8) is 0 Å². The molecular formula is C22H20F2N4O. The molecule has 0 bridgehead atoms. The molecule has 4 rings (SSSR count). The first-order valence-corrected chi connectivity index (χ1v) is 9.24. The minimum absolute atomic E-state index is 0.255. The lowest BCUT2D eigenvalue weighted by atomic mass is 9.91. The SMILES string of the molecule is CCC1=C2NC(c3ccc(N)cc3)=CC(=O)N2NC(C)=C1c1ccc(F)cc1F. The Morgan fingerprint density at radius 2 is 1.83 bits per heavy atom. The highest BCUT2D eigenvalue weighted by molar-refractivity contribution is 6.00. The van der Waals surface area contributed by atoms with Gasteiger partial charge in [-0.25, -0.2) is 13.8 Å². The Balaban J connectivity index is 1.83. The van der Waals surface area contributed by atoms with Crippen molar-refractivity contribution in [3.05, 3.63) is 88.4 Å². The first-order chi connectivity index (χ1) is 13.9. The second-order valence-electron chi connectivity index (χ2n) is 6.90. The third-order valence-corrected chi connectivity index (χ3v) is 4.98. The number of carbonyl (C=O) groups is 1. The maximum Gasteiger partial charge on any atom is 0.273 e. The number of nitrogens with zero attached hydrogens (tertiary/aromatic N) is 1. The molecule has 0 saturated heterocycles. The molecule has 7 heteroatoms. The van der Waals surface area contributed by atoms with Crippen LogP contribution in [0.4, 0.5) is 14.5 Å². The van der Waals surface area contributed by atoms with Gasteiger partial charge in [-0.2, -0.15) is 0 Å².